The summed E-state index contributed by atoms with van der Waals surface area (Å²) in [4.78, 5) is 52.8. The average molecular weight is 919 g/mol. The molecule has 0 aromatic carbocycles. The Labute approximate surface area is 372 Å². The fourth-order valence-electron chi connectivity index (χ4n) is 6.12. The number of unbranched alkanes of at least 4 members (excludes halogenated alkanes) is 14. The van der Waals surface area contributed by atoms with E-state index in [0.29, 0.717) is 19.3 Å². The van der Waals surface area contributed by atoms with Crippen molar-refractivity contribution in [2.75, 3.05) is 26.4 Å². The van der Waals surface area contributed by atoms with Gasteiger partial charge in [-0.05, 0) is 83.5 Å². The van der Waals surface area contributed by atoms with Gasteiger partial charge in [0.2, 0.25) is 0 Å². The van der Waals surface area contributed by atoms with Gasteiger partial charge in [0.1, 0.15) is 12.7 Å². The Morgan fingerprint density at radius 2 is 1.00 bits per heavy atom. The Morgan fingerprint density at radius 1 is 0.548 bits per heavy atom. The van der Waals surface area contributed by atoms with E-state index >= 15 is 0 Å². The van der Waals surface area contributed by atoms with Gasteiger partial charge in [-0.25, -0.2) is 9.13 Å². The lowest BCUT2D eigenvalue weighted by Crippen LogP contribution is -2.29. The number of carbonyl (C=O) groups is 2. The molecule has 3 unspecified atom stereocenters. The van der Waals surface area contributed by atoms with Crippen molar-refractivity contribution < 1.29 is 66.3 Å². The third-order valence-corrected chi connectivity index (χ3v) is 11.2. The van der Waals surface area contributed by atoms with Gasteiger partial charge in [-0.1, -0.05) is 132 Å². The van der Waals surface area contributed by atoms with Crippen LogP contribution < -0.4 is 0 Å². The fourth-order valence-corrected chi connectivity index (χ4v) is 7.27. The summed E-state index contributed by atoms with van der Waals surface area (Å²) < 4.78 is 53.6. The van der Waals surface area contributed by atoms with Crippen LogP contribution in [-0.4, -0.2) is 82.6 Å². The lowest BCUT2D eigenvalue weighted by Gasteiger charge is -2.20. The number of esters is 2. The average Bonchev–Trinajstić information content (AvgIpc) is 3.99. The van der Waals surface area contributed by atoms with Crippen LogP contribution in [0.25, 0.3) is 0 Å². The van der Waals surface area contributed by atoms with Crippen molar-refractivity contribution in [1.82, 2.24) is 0 Å². The fraction of sp³-hybridized carbons (Fsp3) is 0.739. The van der Waals surface area contributed by atoms with Crippen LogP contribution in [0, 0.1) is 0 Å². The molecule has 0 aromatic heterocycles. The second-order valence-electron chi connectivity index (χ2n) is 15.7. The zero-order valence-electron chi connectivity index (χ0n) is 37.6. The van der Waals surface area contributed by atoms with Gasteiger partial charge in [0.25, 0.3) is 0 Å². The number of rotatable bonds is 42. The summed E-state index contributed by atoms with van der Waals surface area (Å²) in [7, 11) is -9.71. The summed E-state index contributed by atoms with van der Waals surface area (Å²) in [5.41, 5.74) is 0. The number of ether oxygens (including phenoxy) is 3. The second-order valence-corrected chi connectivity index (χ2v) is 18.4. The SMILES string of the molecule is CCCCC/C=C\C/C=C\CCCCCCCCCC(=O)OC[C@H](COP(=O)(O)OC[C@@H](O)COP(=O)(O)O)OC(=O)CCC/C=C\CC1OC1C/C=C\C/C=C\CCCCC. The van der Waals surface area contributed by atoms with E-state index in [2.05, 4.69) is 71.5 Å². The first-order valence-electron chi connectivity index (χ1n) is 23.1. The Morgan fingerprint density at radius 3 is 1.58 bits per heavy atom. The first-order valence-corrected chi connectivity index (χ1v) is 26.1. The minimum absolute atomic E-state index is 0.0434. The summed E-state index contributed by atoms with van der Waals surface area (Å²) in [6, 6.07) is 0. The Hall–Kier alpha value is -2.22. The number of allylic oxidation sites excluding steroid dienone is 8. The molecule has 1 fully saturated rings. The van der Waals surface area contributed by atoms with Crippen molar-refractivity contribution in [2.45, 2.75) is 192 Å². The highest BCUT2D eigenvalue weighted by Crippen LogP contribution is 2.44. The third-order valence-electron chi connectivity index (χ3n) is 9.77. The van der Waals surface area contributed by atoms with Crippen molar-refractivity contribution in [3.05, 3.63) is 60.8 Å². The van der Waals surface area contributed by atoms with Crippen LogP contribution in [0.2, 0.25) is 0 Å². The van der Waals surface area contributed by atoms with E-state index in [4.69, 9.17) is 28.5 Å². The minimum Gasteiger partial charge on any atom is -0.462 e. The molecule has 1 heterocycles. The summed E-state index contributed by atoms with van der Waals surface area (Å²) in [5.74, 6) is -1.12. The standard InChI is InChI=1S/C46H80O14P2/c1-3-5-7-9-11-13-14-15-16-17-18-19-20-22-24-26-31-35-45(48)55-39-42(40-58-62(53,54)57-38-41(47)37-56-61(50,51)52)59-46(49)36-32-28-27-30-34-44-43(60-44)33-29-25-23-21-12-10-8-6-4-2/h11-13,15-16,21,25,27,29-30,41-44,47H,3-10,14,17-20,22-24,26,28,31-40H2,1-2H3,(H,53,54)(H2,50,51,52)/b13-11-,16-15-,21-12-,29-25-,30-27-/t41-,42+,43?,44?/m0/s1. The molecule has 0 spiro atoms. The number of phosphoric acid groups is 2. The molecular formula is C46H80O14P2. The number of hydrogen-bond acceptors (Lipinski definition) is 11. The highest BCUT2D eigenvalue weighted by atomic mass is 31.2. The van der Waals surface area contributed by atoms with E-state index in [9.17, 15) is 28.7 Å². The molecule has 62 heavy (non-hydrogen) atoms. The quantitative estimate of drug-likeness (QED) is 0.0148. The number of aliphatic hydroxyl groups excluding tert-OH is 1. The van der Waals surface area contributed by atoms with Gasteiger partial charge in [-0.2, -0.15) is 0 Å². The van der Waals surface area contributed by atoms with Crippen LogP contribution in [0.5, 0.6) is 0 Å². The van der Waals surface area contributed by atoms with Crippen molar-refractivity contribution in [3.63, 3.8) is 0 Å². The maximum absolute atomic E-state index is 12.7. The number of carbonyl (C=O) groups excluding carboxylic acids is 2. The van der Waals surface area contributed by atoms with Crippen molar-refractivity contribution in [3.8, 4) is 0 Å². The lowest BCUT2D eigenvalue weighted by molar-refractivity contribution is -0.161. The number of epoxide rings is 1. The van der Waals surface area contributed by atoms with Crippen LogP contribution in [0.3, 0.4) is 0 Å². The van der Waals surface area contributed by atoms with Gasteiger partial charge in [0, 0.05) is 12.8 Å². The van der Waals surface area contributed by atoms with E-state index in [0.717, 1.165) is 70.6 Å². The molecule has 0 radical (unpaired) electrons. The molecule has 1 aliphatic heterocycles. The van der Waals surface area contributed by atoms with E-state index in [1.807, 2.05) is 12.2 Å². The zero-order chi connectivity index (χ0) is 45.6. The first-order chi connectivity index (χ1) is 29.8. The molecule has 1 saturated heterocycles. The van der Waals surface area contributed by atoms with Crippen LogP contribution in [0.15, 0.2) is 60.8 Å². The summed E-state index contributed by atoms with van der Waals surface area (Å²) in [5, 5.41) is 9.76. The zero-order valence-corrected chi connectivity index (χ0v) is 39.4. The maximum atomic E-state index is 12.7. The Kier molecular flexibility index (Phi) is 35.5. The van der Waals surface area contributed by atoms with Crippen LogP contribution >= 0.6 is 15.6 Å². The van der Waals surface area contributed by atoms with E-state index in [-0.39, 0.29) is 25.0 Å². The van der Waals surface area contributed by atoms with Crippen LogP contribution in [0.1, 0.15) is 168 Å². The van der Waals surface area contributed by atoms with Gasteiger partial charge in [-0.15, -0.1) is 0 Å². The molecular weight excluding hydrogens is 838 g/mol. The highest BCUT2D eigenvalue weighted by Gasteiger charge is 2.36. The second kappa shape index (κ2) is 38.1. The van der Waals surface area contributed by atoms with E-state index < -0.39 is 66.2 Å². The molecule has 14 nitrogen and oxygen atoms in total. The summed E-state index contributed by atoms with van der Waals surface area (Å²) in [6.07, 6.45) is 42.3. The van der Waals surface area contributed by atoms with Crippen molar-refractivity contribution >= 4 is 27.6 Å². The normalized spacial score (nSPS) is 17.8. The van der Waals surface area contributed by atoms with Crippen LogP contribution in [0.4, 0.5) is 0 Å². The topological polar surface area (TPSA) is 208 Å². The van der Waals surface area contributed by atoms with Gasteiger partial charge >= 0.3 is 27.6 Å². The molecule has 0 amide bonds. The molecule has 0 aromatic rings. The molecule has 0 bridgehead atoms. The predicted octanol–water partition coefficient (Wildman–Crippen LogP) is 11.0. The molecule has 0 saturated carbocycles. The van der Waals surface area contributed by atoms with Gasteiger partial charge in [0.15, 0.2) is 6.10 Å². The van der Waals surface area contributed by atoms with E-state index in [1.165, 1.54) is 51.4 Å². The maximum Gasteiger partial charge on any atom is 0.472 e. The largest absolute Gasteiger partial charge is 0.472 e. The molecule has 5 atom stereocenters. The van der Waals surface area contributed by atoms with Gasteiger partial charge in [0.05, 0.1) is 32.0 Å². The molecule has 1 aliphatic rings. The molecule has 16 heteroatoms. The molecule has 0 aliphatic carbocycles. The van der Waals surface area contributed by atoms with Crippen molar-refractivity contribution in [1.29, 1.82) is 0 Å². The minimum atomic E-state index is -4.88. The smallest absolute Gasteiger partial charge is 0.462 e. The van der Waals surface area contributed by atoms with Crippen molar-refractivity contribution in [2.24, 2.45) is 0 Å². The number of phosphoric ester groups is 2. The Bertz CT molecular complexity index is 1390. The molecule has 358 valence electrons. The first kappa shape index (κ1) is 57.8. The summed E-state index contributed by atoms with van der Waals surface area (Å²) in [6.45, 7) is 1.62. The van der Waals surface area contributed by atoms with Gasteiger partial charge in [-0.3, -0.25) is 23.2 Å². The molecule has 1 rings (SSSR count). The monoisotopic (exact) mass is 919 g/mol. The Balaban J connectivity index is 2.40. The van der Waals surface area contributed by atoms with E-state index in [1.54, 1.807) is 0 Å². The highest BCUT2D eigenvalue weighted by molar-refractivity contribution is 7.47. The third kappa shape index (κ3) is 38.3. The molecule has 4 N–H and O–H groups in total. The lowest BCUT2D eigenvalue weighted by atomic mass is 10.1. The van der Waals surface area contributed by atoms with Crippen LogP contribution in [-0.2, 0) is 46.5 Å². The number of hydrogen-bond donors (Lipinski definition) is 4. The predicted molar refractivity (Wildman–Crippen MR) is 243 cm³/mol. The summed E-state index contributed by atoms with van der Waals surface area (Å²) >= 11 is 0. The number of aliphatic hydroxyl groups is 1. The van der Waals surface area contributed by atoms with Gasteiger partial charge < -0.3 is 34.0 Å².